The average Bonchev–Trinajstić information content (AvgIpc) is 3.28. The first-order chi connectivity index (χ1) is 31.0. The Morgan fingerprint density at radius 1 is 0.429 bits per heavy atom. The van der Waals surface area contributed by atoms with Crippen molar-refractivity contribution in [1.82, 2.24) is 5.32 Å². The number of carbonyl (C=O) groups excluding carboxylic acids is 2. The van der Waals surface area contributed by atoms with Crippen LogP contribution in [0.15, 0.2) is 36.5 Å². The van der Waals surface area contributed by atoms with E-state index in [0.29, 0.717) is 19.4 Å². The van der Waals surface area contributed by atoms with E-state index in [1.165, 1.54) is 199 Å². The number of amides is 1. The van der Waals surface area contributed by atoms with Gasteiger partial charge in [0.05, 0.1) is 25.4 Å². The highest BCUT2D eigenvalue weighted by Crippen LogP contribution is 2.15. The normalized spacial score (nSPS) is 12.9. The van der Waals surface area contributed by atoms with E-state index in [0.717, 1.165) is 64.2 Å². The van der Waals surface area contributed by atoms with Gasteiger partial charge in [-0.2, -0.15) is 0 Å². The smallest absolute Gasteiger partial charge is 0.305 e. The topological polar surface area (TPSA) is 95.9 Å². The summed E-state index contributed by atoms with van der Waals surface area (Å²) in [5.41, 5.74) is 0. The lowest BCUT2D eigenvalue weighted by atomic mass is 10.0. The summed E-state index contributed by atoms with van der Waals surface area (Å²) in [5.74, 6) is -0.0935. The van der Waals surface area contributed by atoms with E-state index in [1.807, 2.05) is 6.08 Å². The van der Waals surface area contributed by atoms with Crippen LogP contribution in [0.3, 0.4) is 0 Å². The Balaban J connectivity index is 3.48. The highest BCUT2D eigenvalue weighted by molar-refractivity contribution is 5.76. The first-order valence-electron chi connectivity index (χ1n) is 27.8. The van der Waals surface area contributed by atoms with Crippen LogP contribution in [0.25, 0.3) is 0 Å². The minimum absolute atomic E-state index is 0.00763. The van der Waals surface area contributed by atoms with Crippen LogP contribution < -0.4 is 5.32 Å². The van der Waals surface area contributed by atoms with Crippen LogP contribution in [-0.4, -0.2) is 47.4 Å². The molecule has 0 aliphatic carbocycles. The molecule has 0 aliphatic heterocycles. The Kier molecular flexibility index (Phi) is 51.1. The van der Waals surface area contributed by atoms with Crippen molar-refractivity contribution in [3.05, 3.63) is 36.5 Å². The Morgan fingerprint density at radius 2 is 0.746 bits per heavy atom. The molecule has 0 heterocycles. The molecule has 0 radical (unpaired) electrons. The van der Waals surface area contributed by atoms with E-state index in [9.17, 15) is 19.8 Å². The van der Waals surface area contributed by atoms with Gasteiger partial charge in [0.25, 0.3) is 0 Å². The molecule has 0 saturated heterocycles. The summed E-state index contributed by atoms with van der Waals surface area (Å²) in [7, 11) is 0. The number of allylic oxidation sites excluding steroid dienone is 5. The third kappa shape index (κ3) is 49.4. The van der Waals surface area contributed by atoms with Gasteiger partial charge < -0.3 is 20.3 Å². The van der Waals surface area contributed by atoms with Crippen LogP contribution in [0.2, 0.25) is 0 Å². The molecule has 63 heavy (non-hydrogen) atoms. The number of hydrogen-bond donors (Lipinski definition) is 3. The summed E-state index contributed by atoms with van der Waals surface area (Å²) >= 11 is 0. The fourth-order valence-corrected chi connectivity index (χ4v) is 8.33. The molecule has 0 saturated carbocycles. The molecule has 0 spiro atoms. The van der Waals surface area contributed by atoms with E-state index in [4.69, 9.17) is 4.74 Å². The van der Waals surface area contributed by atoms with Crippen LogP contribution in [-0.2, 0) is 14.3 Å². The maximum atomic E-state index is 12.4. The van der Waals surface area contributed by atoms with Gasteiger partial charge in [-0.15, -0.1) is 0 Å². The summed E-state index contributed by atoms with van der Waals surface area (Å²) in [6.07, 6.45) is 64.4. The zero-order valence-electron chi connectivity index (χ0n) is 42.1. The van der Waals surface area contributed by atoms with E-state index in [-0.39, 0.29) is 18.5 Å². The molecule has 0 aromatic carbocycles. The van der Waals surface area contributed by atoms with Gasteiger partial charge in [0, 0.05) is 12.8 Å². The van der Waals surface area contributed by atoms with Gasteiger partial charge in [-0.3, -0.25) is 9.59 Å². The van der Waals surface area contributed by atoms with Crippen molar-refractivity contribution in [2.24, 2.45) is 0 Å². The second kappa shape index (κ2) is 52.7. The second-order valence-electron chi connectivity index (χ2n) is 18.9. The van der Waals surface area contributed by atoms with Crippen molar-refractivity contribution in [2.75, 3.05) is 13.2 Å². The van der Waals surface area contributed by atoms with Gasteiger partial charge in [0.1, 0.15) is 0 Å². The second-order valence-corrected chi connectivity index (χ2v) is 18.9. The molecule has 3 N–H and O–H groups in total. The van der Waals surface area contributed by atoms with Gasteiger partial charge >= 0.3 is 5.97 Å². The van der Waals surface area contributed by atoms with Crippen molar-refractivity contribution in [3.8, 4) is 0 Å². The molecule has 6 heteroatoms. The summed E-state index contributed by atoms with van der Waals surface area (Å²) in [5, 5.41) is 23.0. The van der Waals surface area contributed by atoms with Crippen LogP contribution in [0.1, 0.15) is 290 Å². The standard InChI is InChI=1S/C57H107NO5/c1-3-5-7-9-11-13-15-17-18-19-23-27-31-35-39-43-47-51-57(62)63-52-48-44-40-36-32-28-24-21-20-22-26-30-34-38-42-46-50-56(61)58-54(53-59)55(60)49-45-41-37-33-29-25-16-14-12-10-8-6-4-2/h17-18,20,22,45,49,54-55,59-60H,3-16,19,21,23-44,46-48,50-53H2,1-2H3,(H,58,61)/b18-17-,22-20-,49-45+. The van der Waals surface area contributed by atoms with E-state index in [1.54, 1.807) is 6.08 Å². The Labute approximate surface area is 392 Å². The molecule has 0 fully saturated rings. The predicted octanol–water partition coefficient (Wildman–Crippen LogP) is 16.9. The Morgan fingerprint density at radius 3 is 1.13 bits per heavy atom. The lowest BCUT2D eigenvalue weighted by molar-refractivity contribution is -0.143. The van der Waals surface area contributed by atoms with E-state index < -0.39 is 12.1 Å². The molecule has 0 aromatic heterocycles. The molecule has 0 aliphatic rings. The summed E-state index contributed by atoms with van der Waals surface area (Å²) in [6, 6.07) is -0.640. The molecular weight excluding hydrogens is 779 g/mol. The largest absolute Gasteiger partial charge is 0.466 e. The number of esters is 1. The lowest BCUT2D eigenvalue weighted by Crippen LogP contribution is -2.45. The van der Waals surface area contributed by atoms with Gasteiger partial charge in [0.15, 0.2) is 0 Å². The van der Waals surface area contributed by atoms with Gasteiger partial charge in [-0.05, 0) is 83.5 Å². The molecule has 2 unspecified atom stereocenters. The maximum absolute atomic E-state index is 12.4. The van der Waals surface area contributed by atoms with Crippen LogP contribution in [0.4, 0.5) is 0 Å². The number of ether oxygens (including phenoxy) is 1. The van der Waals surface area contributed by atoms with Crippen molar-refractivity contribution in [3.63, 3.8) is 0 Å². The molecule has 0 aromatic rings. The average molecular weight is 886 g/mol. The van der Waals surface area contributed by atoms with E-state index >= 15 is 0 Å². The first-order valence-corrected chi connectivity index (χ1v) is 27.8. The summed E-state index contributed by atoms with van der Waals surface area (Å²) < 4.78 is 5.47. The molecule has 0 bridgehead atoms. The fraction of sp³-hybridized carbons (Fsp3) is 0.860. The van der Waals surface area contributed by atoms with Crippen molar-refractivity contribution in [2.45, 2.75) is 302 Å². The number of hydrogen-bond acceptors (Lipinski definition) is 5. The van der Waals surface area contributed by atoms with Crippen molar-refractivity contribution in [1.29, 1.82) is 0 Å². The third-order valence-corrected chi connectivity index (χ3v) is 12.6. The third-order valence-electron chi connectivity index (χ3n) is 12.6. The molecule has 0 rings (SSSR count). The molecule has 1 amide bonds. The number of aliphatic hydroxyl groups excluding tert-OH is 2. The maximum Gasteiger partial charge on any atom is 0.305 e. The molecule has 2 atom stereocenters. The number of aliphatic hydroxyl groups is 2. The number of carbonyl (C=O) groups is 2. The summed E-state index contributed by atoms with van der Waals surface area (Å²) in [6.45, 7) is 4.87. The first kappa shape index (κ1) is 61.1. The van der Waals surface area contributed by atoms with Crippen LogP contribution in [0, 0.1) is 0 Å². The monoisotopic (exact) mass is 886 g/mol. The molecule has 6 nitrogen and oxygen atoms in total. The predicted molar refractivity (Wildman–Crippen MR) is 273 cm³/mol. The van der Waals surface area contributed by atoms with Gasteiger partial charge in [-0.25, -0.2) is 0 Å². The zero-order chi connectivity index (χ0) is 45.8. The van der Waals surface area contributed by atoms with E-state index in [2.05, 4.69) is 43.5 Å². The highest BCUT2D eigenvalue weighted by atomic mass is 16.5. The Bertz CT molecular complexity index is 1020. The number of nitrogens with one attached hydrogen (secondary N) is 1. The Hall–Kier alpha value is -1.92. The van der Waals surface area contributed by atoms with Gasteiger partial charge in [-0.1, -0.05) is 230 Å². The minimum atomic E-state index is -0.854. The fourth-order valence-electron chi connectivity index (χ4n) is 8.33. The molecular formula is C57H107NO5. The number of unbranched alkanes of at least 4 members (excludes halogenated alkanes) is 36. The quantitative estimate of drug-likeness (QED) is 0.0321. The molecule has 370 valence electrons. The minimum Gasteiger partial charge on any atom is -0.466 e. The SMILES string of the molecule is CCCCCCCC/C=C\CCCCCCCCCC(=O)OCCCCCCCCC/C=C\CCCCCCCC(=O)NC(CO)C(O)/C=C/CCCCCCCCCCCCC. The number of rotatable bonds is 51. The van der Waals surface area contributed by atoms with Crippen molar-refractivity contribution < 1.29 is 24.5 Å². The summed E-state index contributed by atoms with van der Waals surface area (Å²) in [4.78, 5) is 24.5. The van der Waals surface area contributed by atoms with Crippen LogP contribution >= 0.6 is 0 Å². The van der Waals surface area contributed by atoms with Crippen molar-refractivity contribution >= 4 is 11.9 Å². The van der Waals surface area contributed by atoms with Crippen LogP contribution in [0.5, 0.6) is 0 Å². The lowest BCUT2D eigenvalue weighted by Gasteiger charge is -2.20. The highest BCUT2D eigenvalue weighted by Gasteiger charge is 2.18. The van der Waals surface area contributed by atoms with Gasteiger partial charge in [0.2, 0.25) is 5.91 Å². The zero-order valence-corrected chi connectivity index (χ0v) is 42.1.